The lowest BCUT2D eigenvalue weighted by atomic mass is 10.1. The van der Waals surface area contributed by atoms with Crippen LogP contribution in [-0.2, 0) is 0 Å². The highest BCUT2D eigenvalue weighted by Crippen LogP contribution is 2.10. The molecule has 1 aromatic heterocycles. The fraction of sp³-hybridized carbons (Fsp3) is 0.0909. The molecule has 1 radical (unpaired) electrons. The highest BCUT2D eigenvalue weighted by Gasteiger charge is 1.99. The van der Waals surface area contributed by atoms with Crippen LogP contribution in [0.4, 0.5) is 4.39 Å². The molecule has 0 N–H and O–H groups in total. The van der Waals surface area contributed by atoms with Crippen molar-refractivity contribution in [3.05, 3.63) is 54.5 Å². The summed E-state index contributed by atoms with van der Waals surface area (Å²) in [5.41, 5.74) is 2.00. The second kappa shape index (κ2) is 3.62. The van der Waals surface area contributed by atoms with Gasteiger partial charge in [0.05, 0.1) is 18.1 Å². The molecule has 0 unspecified atom stereocenters. The second-order valence-corrected chi connectivity index (χ2v) is 2.98. The third kappa shape index (κ3) is 1.66. The number of aromatic nitrogens is 2. The van der Waals surface area contributed by atoms with E-state index in [1.165, 1.54) is 17.1 Å². The molecule has 0 atom stereocenters. The number of hydrogen-bond donors (Lipinski definition) is 0. The van der Waals surface area contributed by atoms with Crippen LogP contribution in [0.25, 0.3) is 5.69 Å². The molecule has 1 heterocycles. The Morgan fingerprint density at radius 1 is 1.29 bits per heavy atom. The normalized spacial score (nSPS) is 10.4. The average Bonchev–Trinajstić information content (AvgIpc) is 2.65. The Bertz CT molecular complexity index is 417. The molecule has 0 amide bonds. The van der Waals surface area contributed by atoms with E-state index in [9.17, 15) is 4.39 Å². The van der Waals surface area contributed by atoms with Crippen molar-refractivity contribution < 1.29 is 4.39 Å². The minimum absolute atomic E-state index is 0.323. The molecule has 2 nitrogen and oxygen atoms in total. The van der Waals surface area contributed by atoms with Gasteiger partial charge in [0.15, 0.2) is 5.82 Å². The molecule has 0 aliphatic carbocycles. The topological polar surface area (TPSA) is 17.8 Å². The van der Waals surface area contributed by atoms with Gasteiger partial charge < -0.3 is 0 Å². The predicted octanol–water partition coefficient (Wildman–Crippen LogP) is 2.58. The van der Waals surface area contributed by atoms with Gasteiger partial charge in [-0.3, -0.25) is 0 Å². The van der Waals surface area contributed by atoms with Gasteiger partial charge in [0.2, 0.25) is 0 Å². The molecule has 71 valence electrons. The molecule has 2 rings (SSSR count). The fourth-order valence-corrected chi connectivity index (χ4v) is 1.26. The van der Waals surface area contributed by atoms with Crippen LogP contribution in [-0.4, -0.2) is 9.78 Å². The third-order valence-corrected chi connectivity index (χ3v) is 2.04. The Balaban J connectivity index is 2.33. The van der Waals surface area contributed by atoms with Gasteiger partial charge in [0, 0.05) is 0 Å². The highest BCUT2D eigenvalue weighted by atomic mass is 19.1. The van der Waals surface area contributed by atoms with E-state index < -0.39 is 0 Å². The van der Waals surface area contributed by atoms with Crippen LogP contribution in [0.1, 0.15) is 12.5 Å². The van der Waals surface area contributed by atoms with Gasteiger partial charge in [-0.1, -0.05) is 19.1 Å². The molecule has 3 heteroatoms. The molecule has 0 saturated heterocycles. The molecule has 14 heavy (non-hydrogen) atoms. The number of benzene rings is 1. The maximum absolute atomic E-state index is 12.7. The average molecular weight is 189 g/mol. The molecule has 0 aliphatic rings. The minimum Gasteiger partial charge on any atom is -0.238 e. The zero-order chi connectivity index (χ0) is 9.97. The molecule has 0 fully saturated rings. The standard InChI is InChI=1S/C11H10FN2/c1-2-9-3-5-11(6-4-9)14-8-10(12)7-13-14/h2-8H,1H3. The number of halogens is 1. The summed E-state index contributed by atoms with van der Waals surface area (Å²) in [6, 6.07) is 7.74. The summed E-state index contributed by atoms with van der Waals surface area (Å²) < 4.78 is 14.2. The van der Waals surface area contributed by atoms with E-state index in [-0.39, 0.29) is 5.82 Å². The second-order valence-electron chi connectivity index (χ2n) is 2.98. The van der Waals surface area contributed by atoms with E-state index in [0.717, 1.165) is 11.3 Å². The number of rotatable bonds is 2. The van der Waals surface area contributed by atoms with Crippen LogP contribution in [0, 0.1) is 12.2 Å². The van der Waals surface area contributed by atoms with Crippen molar-refractivity contribution in [2.24, 2.45) is 0 Å². The van der Waals surface area contributed by atoms with E-state index in [1.54, 1.807) is 0 Å². The Kier molecular flexibility index (Phi) is 2.31. The van der Waals surface area contributed by atoms with E-state index in [2.05, 4.69) is 5.10 Å². The van der Waals surface area contributed by atoms with Crippen LogP contribution in [0.2, 0.25) is 0 Å². The molecule has 0 saturated carbocycles. The summed E-state index contributed by atoms with van der Waals surface area (Å²) in [4.78, 5) is 0. The predicted molar refractivity (Wildman–Crippen MR) is 52.6 cm³/mol. The highest BCUT2D eigenvalue weighted by molar-refractivity contribution is 5.35. The van der Waals surface area contributed by atoms with E-state index >= 15 is 0 Å². The van der Waals surface area contributed by atoms with Crippen LogP contribution in [0.15, 0.2) is 36.7 Å². The van der Waals surface area contributed by atoms with E-state index in [0.29, 0.717) is 0 Å². The summed E-state index contributed by atoms with van der Waals surface area (Å²) in [7, 11) is 0. The third-order valence-electron chi connectivity index (χ3n) is 2.04. The van der Waals surface area contributed by atoms with Crippen molar-refractivity contribution in [3.8, 4) is 5.69 Å². The van der Waals surface area contributed by atoms with Gasteiger partial charge in [-0.25, -0.2) is 9.07 Å². The van der Waals surface area contributed by atoms with Crippen molar-refractivity contribution in [1.82, 2.24) is 9.78 Å². The van der Waals surface area contributed by atoms with Crippen molar-refractivity contribution >= 4 is 0 Å². The van der Waals surface area contributed by atoms with Crippen molar-refractivity contribution in [3.63, 3.8) is 0 Å². The van der Waals surface area contributed by atoms with Gasteiger partial charge in [0.25, 0.3) is 0 Å². The monoisotopic (exact) mass is 189 g/mol. The SMILES string of the molecule is C[CH]c1ccc(-n2cc(F)cn2)cc1. The van der Waals surface area contributed by atoms with Gasteiger partial charge >= 0.3 is 0 Å². The summed E-state index contributed by atoms with van der Waals surface area (Å²) in [5.74, 6) is -0.323. The Morgan fingerprint density at radius 3 is 2.50 bits per heavy atom. The molecule has 0 spiro atoms. The van der Waals surface area contributed by atoms with Crippen molar-refractivity contribution in [2.75, 3.05) is 0 Å². The molecule has 1 aromatic carbocycles. The van der Waals surface area contributed by atoms with Gasteiger partial charge in [-0.05, 0) is 24.1 Å². The van der Waals surface area contributed by atoms with Gasteiger partial charge in [-0.15, -0.1) is 0 Å². The van der Waals surface area contributed by atoms with Crippen LogP contribution in [0.3, 0.4) is 0 Å². The van der Waals surface area contributed by atoms with Crippen LogP contribution >= 0.6 is 0 Å². The van der Waals surface area contributed by atoms with Crippen molar-refractivity contribution in [2.45, 2.75) is 6.92 Å². The summed E-state index contributed by atoms with van der Waals surface area (Å²) >= 11 is 0. The first kappa shape index (κ1) is 8.94. The lowest BCUT2D eigenvalue weighted by Crippen LogP contribution is -1.93. The van der Waals surface area contributed by atoms with Gasteiger partial charge in [0.1, 0.15) is 0 Å². The van der Waals surface area contributed by atoms with E-state index in [4.69, 9.17) is 0 Å². The molecular formula is C11H10FN2. The summed E-state index contributed by atoms with van der Waals surface area (Å²) in [5, 5.41) is 3.87. The first-order valence-electron chi connectivity index (χ1n) is 4.39. The number of nitrogens with zero attached hydrogens (tertiary/aromatic N) is 2. The Morgan fingerprint density at radius 2 is 2.00 bits per heavy atom. The molecule has 0 bridgehead atoms. The lowest BCUT2D eigenvalue weighted by Gasteiger charge is -2.01. The van der Waals surface area contributed by atoms with Gasteiger partial charge in [-0.2, -0.15) is 5.10 Å². The largest absolute Gasteiger partial charge is 0.238 e. The first-order chi connectivity index (χ1) is 6.79. The maximum atomic E-state index is 12.7. The quantitative estimate of drug-likeness (QED) is 0.710. The Labute approximate surface area is 82.0 Å². The van der Waals surface area contributed by atoms with Crippen LogP contribution in [0.5, 0.6) is 0 Å². The summed E-state index contributed by atoms with van der Waals surface area (Å²) in [6.07, 6.45) is 4.55. The molecule has 2 aromatic rings. The summed E-state index contributed by atoms with van der Waals surface area (Å²) in [6.45, 7) is 1.97. The first-order valence-corrected chi connectivity index (χ1v) is 4.39. The van der Waals surface area contributed by atoms with Crippen LogP contribution < -0.4 is 0 Å². The Hall–Kier alpha value is -1.64. The number of hydrogen-bond acceptors (Lipinski definition) is 1. The zero-order valence-corrected chi connectivity index (χ0v) is 7.81. The van der Waals surface area contributed by atoms with E-state index in [1.807, 2.05) is 37.6 Å². The fourth-order valence-electron chi connectivity index (χ4n) is 1.26. The maximum Gasteiger partial charge on any atom is 0.161 e. The smallest absolute Gasteiger partial charge is 0.161 e. The van der Waals surface area contributed by atoms with Crippen molar-refractivity contribution in [1.29, 1.82) is 0 Å². The minimum atomic E-state index is -0.323. The molecular weight excluding hydrogens is 179 g/mol. The molecule has 0 aliphatic heterocycles. The lowest BCUT2D eigenvalue weighted by molar-refractivity contribution is 0.627. The zero-order valence-electron chi connectivity index (χ0n) is 7.81.